The Bertz CT molecular complexity index is 195. The Labute approximate surface area is 71.7 Å². The zero-order valence-corrected chi connectivity index (χ0v) is 7.18. The van der Waals surface area contributed by atoms with E-state index in [1.54, 1.807) is 4.90 Å². The number of nitrogens with zero attached hydrogens (tertiary/aromatic N) is 1. The van der Waals surface area contributed by atoms with Crippen molar-refractivity contribution >= 4 is 5.91 Å². The molecule has 12 heavy (non-hydrogen) atoms. The van der Waals surface area contributed by atoms with E-state index in [4.69, 9.17) is 0 Å². The molecule has 0 unspecified atom stereocenters. The number of alkyl halides is 1. The van der Waals surface area contributed by atoms with Crippen LogP contribution in [0.1, 0.15) is 32.1 Å². The summed E-state index contributed by atoms with van der Waals surface area (Å²) in [6.07, 6.45) is 3.68. The summed E-state index contributed by atoms with van der Waals surface area (Å²) < 4.78 is 13.8. The van der Waals surface area contributed by atoms with Crippen molar-refractivity contribution < 1.29 is 9.18 Å². The fourth-order valence-corrected chi connectivity index (χ4v) is 1.95. The molecule has 3 heteroatoms. The highest BCUT2D eigenvalue weighted by Crippen LogP contribution is 2.35. The van der Waals surface area contributed by atoms with Gasteiger partial charge in [-0.2, -0.15) is 0 Å². The van der Waals surface area contributed by atoms with Crippen LogP contribution in [-0.2, 0) is 4.79 Å². The summed E-state index contributed by atoms with van der Waals surface area (Å²) in [5.74, 6) is -0.244. The lowest BCUT2D eigenvalue weighted by Gasteiger charge is -2.35. The quantitative estimate of drug-likeness (QED) is 0.585. The third kappa shape index (κ3) is 1.11. The maximum Gasteiger partial charge on any atom is 0.260 e. The highest BCUT2D eigenvalue weighted by atomic mass is 19.1. The predicted molar refractivity (Wildman–Crippen MR) is 43.5 cm³/mol. The summed E-state index contributed by atoms with van der Waals surface area (Å²) >= 11 is 0. The van der Waals surface area contributed by atoms with Gasteiger partial charge in [0.1, 0.15) is 0 Å². The molecule has 0 aromatic rings. The zero-order chi connectivity index (χ0) is 8.60. The van der Waals surface area contributed by atoms with Crippen LogP contribution in [0.2, 0.25) is 0 Å². The lowest BCUT2D eigenvalue weighted by Crippen LogP contribution is -2.50. The molecular weight excluding hydrogens is 157 g/mol. The largest absolute Gasteiger partial charge is 0.340 e. The normalized spacial score (nSPS) is 26.9. The number of hydrogen-bond acceptors (Lipinski definition) is 1. The van der Waals surface area contributed by atoms with E-state index < -0.39 is 5.67 Å². The van der Waals surface area contributed by atoms with Gasteiger partial charge >= 0.3 is 0 Å². The van der Waals surface area contributed by atoms with Crippen molar-refractivity contribution in [3.05, 3.63) is 0 Å². The van der Waals surface area contributed by atoms with Gasteiger partial charge in [0.05, 0.1) is 0 Å². The lowest BCUT2D eigenvalue weighted by molar-refractivity contribution is -0.147. The Morgan fingerprint density at radius 2 is 1.75 bits per heavy atom. The second kappa shape index (κ2) is 2.71. The number of carbonyl (C=O) groups excluding carboxylic acids is 1. The maximum atomic E-state index is 13.8. The fourth-order valence-electron chi connectivity index (χ4n) is 1.95. The molecule has 0 radical (unpaired) electrons. The molecule has 0 atom stereocenters. The highest BCUT2D eigenvalue weighted by molar-refractivity contribution is 5.86. The van der Waals surface area contributed by atoms with Gasteiger partial charge in [-0.3, -0.25) is 4.79 Å². The first kappa shape index (κ1) is 8.02. The molecule has 1 amide bonds. The van der Waals surface area contributed by atoms with Crippen LogP contribution >= 0.6 is 0 Å². The van der Waals surface area contributed by atoms with Gasteiger partial charge in [0.25, 0.3) is 5.91 Å². The molecular formula is C9H14FNO. The minimum absolute atomic E-state index is 0.244. The second-order valence-corrected chi connectivity index (χ2v) is 3.82. The monoisotopic (exact) mass is 171 g/mol. The molecule has 1 aliphatic heterocycles. The summed E-state index contributed by atoms with van der Waals surface area (Å²) in [5, 5.41) is 0. The number of rotatable bonds is 1. The molecule has 68 valence electrons. The molecule has 2 nitrogen and oxygen atoms in total. The van der Waals surface area contributed by atoms with E-state index in [0.717, 1.165) is 32.4 Å². The van der Waals surface area contributed by atoms with E-state index in [0.29, 0.717) is 12.8 Å². The molecule has 0 bridgehead atoms. The smallest absolute Gasteiger partial charge is 0.260 e. The molecule has 1 aliphatic carbocycles. The minimum atomic E-state index is -1.49. The van der Waals surface area contributed by atoms with E-state index in [9.17, 15) is 9.18 Å². The van der Waals surface area contributed by atoms with Gasteiger partial charge in [0.2, 0.25) is 0 Å². The third-order valence-electron chi connectivity index (χ3n) is 2.92. The van der Waals surface area contributed by atoms with Crippen molar-refractivity contribution in [1.82, 2.24) is 4.90 Å². The van der Waals surface area contributed by atoms with Crippen LogP contribution in [0.15, 0.2) is 0 Å². The standard InChI is InChI=1S/C9H14FNO/c10-9(4-1-2-5-9)8(12)11-6-3-7-11/h1-7H2. The van der Waals surface area contributed by atoms with Crippen molar-refractivity contribution in [2.45, 2.75) is 37.8 Å². The van der Waals surface area contributed by atoms with Crippen LogP contribution in [0.4, 0.5) is 4.39 Å². The van der Waals surface area contributed by atoms with Gasteiger partial charge in [-0.05, 0) is 32.1 Å². The average Bonchev–Trinajstić information content (AvgIpc) is 2.33. The van der Waals surface area contributed by atoms with Crippen LogP contribution in [0, 0.1) is 0 Å². The summed E-state index contributed by atoms with van der Waals surface area (Å²) in [4.78, 5) is 13.1. The topological polar surface area (TPSA) is 20.3 Å². The highest BCUT2D eigenvalue weighted by Gasteiger charge is 2.44. The second-order valence-electron chi connectivity index (χ2n) is 3.82. The molecule has 1 heterocycles. The summed E-state index contributed by atoms with van der Waals surface area (Å²) in [6.45, 7) is 1.54. The molecule has 0 spiro atoms. The first-order valence-electron chi connectivity index (χ1n) is 4.71. The van der Waals surface area contributed by atoms with Crippen LogP contribution in [0.5, 0.6) is 0 Å². The fraction of sp³-hybridized carbons (Fsp3) is 0.889. The third-order valence-corrected chi connectivity index (χ3v) is 2.92. The van der Waals surface area contributed by atoms with Crippen molar-refractivity contribution in [3.8, 4) is 0 Å². The zero-order valence-electron chi connectivity index (χ0n) is 7.18. The predicted octanol–water partition coefficient (Wildman–Crippen LogP) is 1.50. The first-order chi connectivity index (χ1) is 5.72. The van der Waals surface area contributed by atoms with Crippen LogP contribution in [-0.4, -0.2) is 29.6 Å². The number of likely N-dealkylation sites (tertiary alicyclic amines) is 1. The Kier molecular flexibility index (Phi) is 1.81. The van der Waals surface area contributed by atoms with E-state index >= 15 is 0 Å². The van der Waals surface area contributed by atoms with Crippen LogP contribution in [0.3, 0.4) is 0 Å². The van der Waals surface area contributed by atoms with Crippen LogP contribution in [0.25, 0.3) is 0 Å². The van der Waals surface area contributed by atoms with Gasteiger partial charge in [-0.15, -0.1) is 0 Å². The van der Waals surface area contributed by atoms with E-state index in [1.807, 2.05) is 0 Å². The summed E-state index contributed by atoms with van der Waals surface area (Å²) in [6, 6.07) is 0. The van der Waals surface area contributed by atoms with Gasteiger partial charge in [0.15, 0.2) is 5.67 Å². The van der Waals surface area contributed by atoms with Gasteiger partial charge in [0, 0.05) is 13.1 Å². The molecule has 1 saturated carbocycles. The molecule has 1 saturated heterocycles. The van der Waals surface area contributed by atoms with E-state index in [2.05, 4.69) is 0 Å². The molecule has 0 N–H and O–H groups in total. The van der Waals surface area contributed by atoms with Crippen molar-refractivity contribution in [2.75, 3.05) is 13.1 Å². The lowest BCUT2D eigenvalue weighted by atomic mass is 10.0. The number of carbonyl (C=O) groups is 1. The Hall–Kier alpha value is -0.600. The molecule has 2 aliphatic rings. The SMILES string of the molecule is O=C(N1CCC1)C1(F)CCCC1. The Morgan fingerprint density at radius 3 is 2.17 bits per heavy atom. The Balaban J connectivity index is 2.01. The number of halogens is 1. The maximum absolute atomic E-state index is 13.8. The van der Waals surface area contributed by atoms with E-state index in [-0.39, 0.29) is 5.91 Å². The van der Waals surface area contributed by atoms with Crippen molar-refractivity contribution in [1.29, 1.82) is 0 Å². The molecule has 2 rings (SSSR count). The molecule has 0 aromatic carbocycles. The van der Waals surface area contributed by atoms with Gasteiger partial charge in [-0.1, -0.05) is 0 Å². The van der Waals surface area contributed by atoms with Crippen molar-refractivity contribution in [2.24, 2.45) is 0 Å². The average molecular weight is 171 g/mol. The van der Waals surface area contributed by atoms with Crippen molar-refractivity contribution in [3.63, 3.8) is 0 Å². The number of hydrogen-bond donors (Lipinski definition) is 0. The van der Waals surface area contributed by atoms with E-state index in [1.165, 1.54) is 0 Å². The summed E-state index contributed by atoms with van der Waals surface area (Å²) in [5.41, 5.74) is -1.49. The molecule has 2 fully saturated rings. The number of amides is 1. The van der Waals surface area contributed by atoms with Gasteiger partial charge < -0.3 is 4.90 Å². The summed E-state index contributed by atoms with van der Waals surface area (Å²) in [7, 11) is 0. The first-order valence-corrected chi connectivity index (χ1v) is 4.71. The minimum Gasteiger partial charge on any atom is -0.340 e. The van der Waals surface area contributed by atoms with Gasteiger partial charge in [-0.25, -0.2) is 4.39 Å². The Morgan fingerprint density at radius 1 is 1.17 bits per heavy atom. The molecule has 0 aromatic heterocycles. The van der Waals surface area contributed by atoms with Crippen LogP contribution < -0.4 is 0 Å².